The number of carbonyl (C=O) groups excluding carboxylic acids is 1. The molecular formula is C20H25N3O3S. The zero-order valence-electron chi connectivity index (χ0n) is 15.6. The summed E-state index contributed by atoms with van der Waals surface area (Å²) in [4.78, 5) is 19.7. The van der Waals surface area contributed by atoms with E-state index in [1.165, 1.54) is 12.8 Å². The standard InChI is InChI=1S/C20H25N3O3S/c1-25-18-7-6-14(19(24)21-12-15-5-4-10-26-15)11-16(18)17-13-27-20(22-17)23-8-2-3-9-23/h6-7,11,13,15H,2-5,8-10,12H2,1H3,(H,21,24). The third-order valence-corrected chi connectivity index (χ3v) is 6.02. The normalized spacial score (nSPS) is 19.4. The van der Waals surface area contributed by atoms with Crippen LogP contribution in [-0.2, 0) is 4.74 Å². The molecule has 0 saturated carbocycles. The van der Waals surface area contributed by atoms with Crippen LogP contribution in [0, 0.1) is 0 Å². The molecule has 0 spiro atoms. The Morgan fingerprint density at radius 2 is 2.22 bits per heavy atom. The van der Waals surface area contributed by atoms with Gasteiger partial charge in [-0.25, -0.2) is 4.98 Å². The van der Waals surface area contributed by atoms with Crippen molar-refractivity contribution in [2.24, 2.45) is 0 Å². The summed E-state index contributed by atoms with van der Waals surface area (Å²) in [5.41, 5.74) is 2.32. The molecule has 27 heavy (non-hydrogen) atoms. The van der Waals surface area contributed by atoms with Gasteiger partial charge in [0.2, 0.25) is 0 Å². The van der Waals surface area contributed by atoms with Gasteiger partial charge in [-0.3, -0.25) is 4.79 Å². The maximum atomic E-state index is 12.6. The number of ether oxygens (including phenoxy) is 2. The lowest BCUT2D eigenvalue weighted by Gasteiger charge is -2.13. The van der Waals surface area contributed by atoms with Crippen LogP contribution in [0.3, 0.4) is 0 Å². The maximum absolute atomic E-state index is 12.6. The van der Waals surface area contributed by atoms with Gasteiger partial charge < -0.3 is 19.7 Å². The number of amides is 1. The average molecular weight is 388 g/mol. The van der Waals surface area contributed by atoms with Crippen LogP contribution >= 0.6 is 11.3 Å². The van der Waals surface area contributed by atoms with Crippen molar-refractivity contribution in [2.45, 2.75) is 31.8 Å². The SMILES string of the molecule is COc1ccc(C(=O)NCC2CCCO2)cc1-c1csc(N2CCCC2)n1. The first kappa shape index (κ1) is 18.3. The van der Waals surface area contributed by atoms with Crippen molar-refractivity contribution in [3.63, 3.8) is 0 Å². The summed E-state index contributed by atoms with van der Waals surface area (Å²) in [6.07, 6.45) is 4.65. The monoisotopic (exact) mass is 387 g/mol. The fourth-order valence-corrected chi connectivity index (χ4v) is 4.48. The summed E-state index contributed by atoms with van der Waals surface area (Å²) in [7, 11) is 1.64. The van der Waals surface area contributed by atoms with Crippen LogP contribution in [0.15, 0.2) is 23.6 Å². The molecule has 144 valence electrons. The van der Waals surface area contributed by atoms with Gasteiger partial charge >= 0.3 is 0 Å². The second-order valence-corrected chi connectivity index (χ2v) is 7.81. The van der Waals surface area contributed by atoms with Gasteiger partial charge in [-0.1, -0.05) is 0 Å². The molecule has 0 radical (unpaired) electrons. The van der Waals surface area contributed by atoms with Crippen molar-refractivity contribution < 1.29 is 14.3 Å². The van der Waals surface area contributed by atoms with Crippen LogP contribution in [0.25, 0.3) is 11.3 Å². The quantitative estimate of drug-likeness (QED) is 0.824. The van der Waals surface area contributed by atoms with Crippen LogP contribution in [0.1, 0.15) is 36.0 Å². The highest BCUT2D eigenvalue weighted by Gasteiger charge is 2.20. The minimum absolute atomic E-state index is 0.0931. The van der Waals surface area contributed by atoms with E-state index in [4.69, 9.17) is 14.5 Å². The first-order chi connectivity index (χ1) is 13.2. The van der Waals surface area contributed by atoms with E-state index in [0.29, 0.717) is 12.1 Å². The molecule has 7 heteroatoms. The molecule has 1 aromatic carbocycles. The molecule has 2 aromatic rings. The Morgan fingerprint density at radius 1 is 1.37 bits per heavy atom. The number of carbonyl (C=O) groups is 1. The Kier molecular flexibility index (Phi) is 5.59. The van der Waals surface area contributed by atoms with Crippen molar-refractivity contribution in [1.29, 1.82) is 0 Å². The number of anilines is 1. The van der Waals surface area contributed by atoms with Gasteiger partial charge in [0.05, 0.1) is 18.9 Å². The predicted molar refractivity (Wildman–Crippen MR) is 107 cm³/mol. The molecule has 1 N–H and O–H groups in total. The third kappa shape index (κ3) is 4.09. The Labute approximate surface area is 163 Å². The number of benzene rings is 1. The molecule has 6 nitrogen and oxygen atoms in total. The van der Waals surface area contributed by atoms with Crippen molar-refractivity contribution in [3.8, 4) is 17.0 Å². The molecular weight excluding hydrogens is 362 g/mol. The summed E-state index contributed by atoms with van der Waals surface area (Å²) in [5, 5.41) is 6.06. The molecule has 2 aliphatic rings. The summed E-state index contributed by atoms with van der Waals surface area (Å²) in [6, 6.07) is 5.50. The van der Waals surface area contributed by atoms with Crippen molar-refractivity contribution >= 4 is 22.4 Å². The van der Waals surface area contributed by atoms with Gasteiger partial charge in [-0.15, -0.1) is 11.3 Å². The molecule has 2 fully saturated rings. The van der Waals surface area contributed by atoms with E-state index in [-0.39, 0.29) is 12.0 Å². The van der Waals surface area contributed by atoms with E-state index < -0.39 is 0 Å². The smallest absolute Gasteiger partial charge is 0.251 e. The Hall–Kier alpha value is -2.12. The number of rotatable bonds is 6. The van der Waals surface area contributed by atoms with E-state index in [9.17, 15) is 4.79 Å². The van der Waals surface area contributed by atoms with E-state index in [1.807, 2.05) is 17.5 Å². The van der Waals surface area contributed by atoms with Gasteiger partial charge in [0, 0.05) is 42.7 Å². The molecule has 2 aliphatic heterocycles. The second kappa shape index (κ2) is 8.27. The molecule has 1 unspecified atom stereocenters. The number of nitrogens with zero attached hydrogens (tertiary/aromatic N) is 2. The topological polar surface area (TPSA) is 63.7 Å². The van der Waals surface area contributed by atoms with Crippen molar-refractivity contribution in [3.05, 3.63) is 29.1 Å². The van der Waals surface area contributed by atoms with E-state index in [2.05, 4.69) is 10.2 Å². The van der Waals surface area contributed by atoms with Crippen LogP contribution < -0.4 is 15.0 Å². The second-order valence-electron chi connectivity index (χ2n) is 6.97. The van der Waals surface area contributed by atoms with Gasteiger partial charge in [-0.05, 0) is 43.9 Å². The molecule has 0 aliphatic carbocycles. The van der Waals surface area contributed by atoms with Crippen LogP contribution in [0.4, 0.5) is 5.13 Å². The van der Waals surface area contributed by atoms with Crippen molar-refractivity contribution in [1.82, 2.24) is 10.3 Å². The molecule has 3 heterocycles. The predicted octanol–water partition coefficient (Wildman–Crippen LogP) is 3.33. The van der Waals surface area contributed by atoms with E-state index in [0.717, 1.165) is 54.7 Å². The minimum Gasteiger partial charge on any atom is -0.496 e. The number of hydrogen-bond donors (Lipinski definition) is 1. The lowest BCUT2D eigenvalue weighted by molar-refractivity contribution is 0.0858. The zero-order valence-corrected chi connectivity index (χ0v) is 16.4. The number of hydrogen-bond acceptors (Lipinski definition) is 6. The number of methoxy groups -OCH3 is 1. The van der Waals surface area contributed by atoms with Gasteiger partial charge in [0.1, 0.15) is 5.75 Å². The summed E-state index contributed by atoms with van der Waals surface area (Å²) in [5.74, 6) is 0.633. The molecule has 1 aromatic heterocycles. The molecule has 0 bridgehead atoms. The fourth-order valence-electron chi connectivity index (χ4n) is 3.60. The Bertz CT molecular complexity index is 796. The van der Waals surface area contributed by atoms with Crippen LogP contribution in [-0.4, -0.2) is 50.3 Å². The fraction of sp³-hybridized carbons (Fsp3) is 0.500. The lowest BCUT2D eigenvalue weighted by Crippen LogP contribution is -2.31. The maximum Gasteiger partial charge on any atom is 0.251 e. The largest absolute Gasteiger partial charge is 0.496 e. The highest BCUT2D eigenvalue weighted by molar-refractivity contribution is 7.14. The molecule has 1 amide bonds. The third-order valence-electron chi connectivity index (χ3n) is 5.12. The van der Waals surface area contributed by atoms with Crippen LogP contribution in [0.5, 0.6) is 5.75 Å². The number of aromatic nitrogens is 1. The van der Waals surface area contributed by atoms with Gasteiger partial charge in [0.25, 0.3) is 5.91 Å². The zero-order chi connectivity index (χ0) is 18.6. The minimum atomic E-state index is -0.0931. The van der Waals surface area contributed by atoms with E-state index in [1.54, 1.807) is 24.5 Å². The Balaban J connectivity index is 1.52. The Morgan fingerprint density at radius 3 is 2.96 bits per heavy atom. The summed E-state index contributed by atoms with van der Waals surface area (Å²) in [6.45, 7) is 3.47. The lowest BCUT2D eigenvalue weighted by atomic mass is 10.1. The number of thiazole rings is 1. The summed E-state index contributed by atoms with van der Waals surface area (Å²) < 4.78 is 11.1. The van der Waals surface area contributed by atoms with E-state index >= 15 is 0 Å². The number of nitrogens with one attached hydrogen (secondary N) is 1. The first-order valence-corrected chi connectivity index (χ1v) is 10.4. The van der Waals surface area contributed by atoms with Gasteiger partial charge in [0.15, 0.2) is 5.13 Å². The molecule has 1 atom stereocenters. The molecule has 2 saturated heterocycles. The first-order valence-electron chi connectivity index (χ1n) is 9.53. The molecule has 4 rings (SSSR count). The average Bonchev–Trinajstić information content (AvgIpc) is 3.47. The highest BCUT2D eigenvalue weighted by atomic mass is 32.1. The summed E-state index contributed by atoms with van der Waals surface area (Å²) >= 11 is 1.64. The van der Waals surface area contributed by atoms with Crippen molar-refractivity contribution in [2.75, 3.05) is 38.3 Å². The van der Waals surface area contributed by atoms with Crippen LogP contribution in [0.2, 0.25) is 0 Å². The highest BCUT2D eigenvalue weighted by Crippen LogP contribution is 2.35. The van der Waals surface area contributed by atoms with Gasteiger partial charge in [-0.2, -0.15) is 0 Å².